The number of sulfonamides is 1. The normalized spacial score (nSPS) is 11.1. The topological polar surface area (TPSA) is 76.1 Å². The van der Waals surface area contributed by atoms with Gasteiger partial charge in [-0.3, -0.25) is 9.10 Å². The smallest absolute Gasteiger partial charge is 0.264 e. The lowest BCUT2D eigenvalue weighted by molar-refractivity contribution is -0.132. The highest BCUT2D eigenvalue weighted by Gasteiger charge is 2.21. The van der Waals surface area contributed by atoms with Crippen molar-refractivity contribution in [3.05, 3.63) is 84.2 Å². The number of amides is 1. The maximum Gasteiger partial charge on any atom is 0.264 e. The quantitative estimate of drug-likeness (QED) is 0.432. The Labute approximate surface area is 199 Å². The minimum absolute atomic E-state index is 0.127. The summed E-state index contributed by atoms with van der Waals surface area (Å²) in [6, 6.07) is 18.8. The molecule has 0 atom stereocenters. The van der Waals surface area contributed by atoms with Crippen molar-refractivity contribution in [3.63, 3.8) is 0 Å². The third-order valence-electron chi connectivity index (χ3n) is 5.15. The number of anilines is 1. The van der Waals surface area contributed by atoms with Crippen LogP contribution in [0.1, 0.15) is 12.5 Å². The van der Waals surface area contributed by atoms with Crippen LogP contribution in [0.2, 0.25) is 0 Å². The molecular formula is C25H27FN2O5S. The molecule has 3 aromatic rings. The van der Waals surface area contributed by atoms with E-state index in [1.165, 1.54) is 34.5 Å². The van der Waals surface area contributed by atoms with Crippen LogP contribution in [0.4, 0.5) is 10.1 Å². The van der Waals surface area contributed by atoms with E-state index >= 15 is 0 Å². The van der Waals surface area contributed by atoms with Crippen molar-refractivity contribution in [2.24, 2.45) is 0 Å². The molecule has 0 saturated heterocycles. The molecule has 1 amide bonds. The predicted molar refractivity (Wildman–Crippen MR) is 128 cm³/mol. The number of ether oxygens (including phenoxy) is 2. The van der Waals surface area contributed by atoms with Crippen molar-refractivity contribution in [1.82, 2.24) is 4.90 Å². The van der Waals surface area contributed by atoms with Gasteiger partial charge in [0.25, 0.3) is 15.9 Å². The fourth-order valence-corrected chi connectivity index (χ4v) is 4.34. The van der Waals surface area contributed by atoms with E-state index in [4.69, 9.17) is 9.47 Å². The predicted octanol–water partition coefficient (Wildman–Crippen LogP) is 4.09. The van der Waals surface area contributed by atoms with Gasteiger partial charge in [-0.1, -0.05) is 18.2 Å². The summed E-state index contributed by atoms with van der Waals surface area (Å²) in [6.45, 7) is 2.24. The van der Waals surface area contributed by atoms with Gasteiger partial charge in [0, 0.05) is 26.2 Å². The van der Waals surface area contributed by atoms with Gasteiger partial charge in [-0.15, -0.1) is 0 Å². The first-order valence-corrected chi connectivity index (χ1v) is 12.1. The second-order valence-electron chi connectivity index (χ2n) is 7.50. The number of hydrogen-bond acceptors (Lipinski definition) is 5. The molecule has 0 aliphatic rings. The third kappa shape index (κ3) is 6.05. The third-order valence-corrected chi connectivity index (χ3v) is 6.95. The molecule has 0 N–H and O–H groups in total. The van der Waals surface area contributed by atoms with E-state index in [1.807, 2.05) is 6.92 Å². The highest BCUT2D eigenvalue weighted by molar-refractivity contribution is 7.92. The Hall–Kier alpha value is -3.59. The number of carbonyl (C=O) groups is 1. The molecule has 0 aromatic heterocycles. The molecule has 0 saturated carbocycles. The number of rotatable bonds is 10. The Balaban J connectivity index is 1.59. The van der Waals surface area contributed by atoms with Gasteiger partial charge in [0.15, 0.2) is 6.61 Å². The first-order valence-electron chi connectivity index (χ1n) is 10.6. The second kappa shape index (κ2) is 11.0. The van der Waals surface area contributed by atoms with E-state index in [9.17, 15) is 17.6 Å². The molecule has 180 valence electrons. The zero-order chi connectivity index (χ0) is 24.7. The van der Waals surface area contributed by atoms with Crippen LogP contribution < -0.4 is 13.8 Å². The molecule has 9 heteroatoms. The lowest BCUT2D eigenvalue weighted by Crippen LogP contribution is -2.31. The minimum Gasteiger partial charge on any atom is -0.494 e. The molecule has 7 nitrogen and oxygen atoms in total. The lowest BCUT2D eigenvalue weighted by atomic mass is 10.2. The number of nitrogens with zero attached hydrogens (tertiary/aromatic N) is 2. The van der Waals surface area contributed by atoms with Gasteiger partial charge in [0.2, 0.25) is 0 Å². The van der Waals surface area contributed by atoms with Crippen molar-refractivity contribution < 1.29 is 27.1 Å². The summed E-state index contributed by atoms with van der Waals surface area (Å²) in [5.74, 6) is 0.313. The molecule has 0 radical (unpaired) electrons. The van der Waals surface area contributed by atoms with Crippen LogP contribution in [0.15, 0.2) is 77.7 Å². The van der Waals surface area contributed by atoms with Crippen LogP contribution in [0.25, 0.3) is 0 Å². The van der Waals surface area contributed by atoms with Crippen molar-refractivity contribution in [1.29, 1.82) is 0 Å². The van der Waals surface area contributed by atoms with Gasteiger partial charge in [-0.05, 0) is 61.5 Å². The summed E-state index contributed by atoms with van der Waals surface area (Å²) < 4.78 is 51.7. The number of likely N-dealkylation sites (N-methyl/N-ethyl adjacent to an activating group) is 1. The summed E-state index contributed by atoms with van der Waals surface area (Å²) >= 11 is 0. The molecule has 0 heterocycles. The summed E-state index contributed by atoms with van der Waals surface area (Å²) in [6.07, 6.45) is 0. The van der Waals surface area contributed by atoms with Crippen molar-refractivity contribution in [3.8, 4) is 11.5 Å². The van der Waals surface area contributed by atoms with E-state index in [2.05, 4.69) is 0 Å². The van der Waals surface area contributed by atoms with Gasteiger partial charge < -0.3 is 14.4 Å². The number of hydrogen-bond donors (Lipinski definition) is 0. The monoisotopic (exact) mass is 486 g/mol. The molecular weight excluding hydrogens is 459 g/mol. The van der Waals surface area contributed by atoms with Gasteiger partial charge >= 0.3 is 0 Å². The summed E-state index contributed by atoms with van der Waals surface area (Å²) in [5.41, 5.74) is 0.851. The summed E-state index contributed by atoms with van der Waals surface area (Å²) in [4.78, 5) is 13.9. The van der Waals surface area contributed by atoms with Crippen molar-refractivity contribution in [2.45, 2.75) is 18.4 Å². The SMILES string of the molecule is CCOc1ccc(S(=O)(=O)N(C)c2ccc(OCC(=O)N(C)Cc3ccccc3F)cc2)cc1. The molecule has 34 heavy (non-hydrogen) atoms. The number of benzene rings is 3. The van der Waals surface area contributed by atoms with E-state index < -0.39 is 10.0 Å². The Morgan fingerprint density at radius 3 is 2.09 bits per heavy atom. The molecule has 0 unspecified atom stereocenters. The zero-order valence-electron chi connectivity index (χ0n) is 19.3. The van der Waals surface area contributed by atoms with Crippen LogP contribution in [0, 0.1) is 5.82 Å². The van der Waals surface area contributed by atoms with Gasteiger partial charge in [-0.2, -0.15) is 0 Å². The van der Waals surface area contributed by atoms with E-state index in [1.54, 1.807) is 61.6 Å². The molecule has 0 aliphatic heterocycles. The number of halogens is 1. The maximum atomic E-state index is 13.8. The first-order chi connectivity index (χ1) is 16.2. The summed E-state index contributed by atoms with van der Waals surface area (Å²) in [7, 11) is -0.729. The Morgan fingerprint density at radius 2 is 1.47 bits per heavy atom. The summed E-state index contributed by atoms with van der Waals surface area (Å²) in [5, 5.41) is 0. The molecule has 3 aromatic carbocycles. The largest absolute Gasteiger partial charge is 0.494 e. The zero-order valence-corrected chi connectivity index (χ0v) is 20.1. The second-order valence-corrected chi connectivity index (χ2v) is 9.47. The molecule has 0 spiro atoms. The van der Waals surface area contributed by atoms with E-state index in [-0.39, 0.29) is 29.8 Å². The molecule has 0 bridgehead atoms. The fraction of sp³-hybridized carbons (Fsp3) is 0.240. The van der Waals surface area contributed by atoms with Crippen LogP contribution in [-0.2, 0) is 21.4 Å². The fourth-order valence-electron chi connectivity index (χ4n) is 3.15. The average Bonchev–Trinajstić information content (AvgIpc) is 2.84. The van der Waals surface area contributed by atoms with Crippen LogP contribution >= 0.6 is 0 Å². The lowest BCUT2D eigenvalue weighted by Gasteiger charge is -2.20. The average molecular weight is 487 g/mol. The minimum atomic E-state index is -3.76. The van der Waals surface area contributed by atoms with Crippen LogP contribution in [0.5, 0.6) is 11.5 Å². The highest BCUT2D eigenvalue weighted by Crippen LogP contribution is 2.25. The van der Waals surface area contributed by atoms with Crippen LogP contribution in [-0.4, -0.2) is 46.5 Å². The van der Waals surface area contributed by atoms with Gasteiger partial charge in [0.05, 0.1) is 17.2 Å². The first kappa shape index (κ1) is 25.0. The Morgan fingerprint density at radius 1 is 0.882 bits per heavy atom. The standard InChI is InChI=1S/C25H27FN2O5S/c1-4-32-21-13-15-23(16-14-21)34(30,31)28(3)20-9-11-22(12-10-20)33-18-25(29)27(2)17-19-7-5-6-8-24(19)26/h5-16H,4,17-18H2,1-3H3. The molecule has 0 fully saturated rings. The molecule has 0 aliphatic carbocycles. The van der Waals surface area contributed by atoms with Gasteiger partial charge in [0.1, 0.15) is 17.3 Å². The van der Waals surface area contributed by atoms with Crippen molar-refractivity contribution in [2.75, 3.05) is 31.6 Å². The Bertz CT molecular complexity index is 1210. The molecule has 3 rings (SSSR count). The van der Waals surface area contributed by atoms with Gasteiger partial charge in [-0.25, -0.2) is 12.8 Å². The van der Waals surface area contributed by atoms with Crippen LogP contribution in [0.3, 0.4) is 0 Å². The maximum absolute atomic E-state index is 13.8. The van der Waals surface area contributed by atoms with Crippen molar-refractivity contribution >= 4 is 21.6 Å². The highest BCUT2D eigenvalue weighted by atomic mass is 32.2. The van der Waals surface area contributed by atoms with E-state index in [0.717, 1.165) is 0 Å². The number of carbonyl (C=O) groups excluding carboxylic acids is 1. The Kier molecular flexibility index (Phi) is 8.12. The van der Waals surface area contributed by atoms with E-state index in [0.29, 0.717) is 29.4 Å².